The van der Waals surface area contributed by atoms with Crippen LogP contribution in [0.1, 0.15) is 49.2 Å². The first-order valence-corrected chi connectivity index (χ1v) is 11.6. The van der Waals surface area contributed by atoms with Gasteiger partial charge in [-0.1, -0.05) is 83.9 Å². The number of hydrogen-bond donors (Lipinski definition) is 0. The largest absolute Gasteiger partial charge is 0.489 e. The fourth-order valence-electron chi connectivity index (χ4n) is 2.97. The van der Waals surface area contributed by atoms with Gasteiger partial charge in [-0.05, 0) is 35.4 Å². The molecule has 35 heavy (non-hydrogen) atoms. The van der Waals surface area contributed by atoms with Crippen LogP contribution in [0.4, 0.5) is 0 Å². The third-order valence-electron chi connectivity index (χ3n) is 4.47. The maximum Gasteiger partial charge on any atom is 0.338 e. The van der Waals surface area contributed by atoms with E-state index in [1.54, 1.807) is 54.6 Å². The molecule has 0 N–H and O–H groups in total. The molecule has 2 aromatic carbocycles. The van der Waals surface area contributed by atoms with E-state index in [2.05, 4.69) is 19.7 Å². The van der Waals surface area contributed by atoms with E-state index >= 15 is 0 Å². The average molecular weight is 475 g/mol. The molecule has 1 aromatic heterocycles. The fraction of sp³-hybridized carbons (Fsp3) is 0.200. The Morgan fingerprint density at radius 1 is 1.03 bits per heavy atom. The summed E-state index contributed by atoms with van der Waals surface area (Å²) in [5, 5.41) is 0.439. The lowest BCUT2D eigenvalue weighted by molar-refractivity contribution is 0.0549. The third-order valence-corrected chi connectivity index (χ3v) is 4.47. The van der Waals surface area contributed by atoms with Crippen molar-refractivity contribution in [2.24, 2.45) is 0 Å². The Morgan fingerprint density at radius 3 is 2.43 bits per heavy atom. The van der Waals surface area contributed by atoms with Crippen molar-refractivity contribution >= 4 is 22.5 Å². The van der Waals surface area contributed by atoms with Gasteiger partial charge in [0.1, 0.15) is 30.8 Å². The van der Waals surface area contributed by atoms with E-state index in [-0.39, 0.29) is 18.6 Å². The molecule has 5 heteroatoms. The van der Waals surface area contributed by atoms with Crippen LogP contribution in [-0.4, -0.2) is 12.6 Å². The normalized spacial score (nSPS) is 10.1. The SMILES string of the molecule is C=C/C=C(\C=C)c1coc2cc(OCc3cccc(C(=O)OCC=C)c3)ccc2c1=O.CC.CC. The highest BCUT2D eigenvalue weighted by Gasteiger charge is 2.11. The van der Waals surface area contributed by atoms with Crippen LogP contribution in [0, 0.1) is 0 Å². The predicted molar refractivity (Wildman–Crippen MR) is 145 cm³/mol. The smallest absolute Gasteiger partial charge is 0.338 e. The Hall–Kier alpha value is -4.12. The molecule has 0 atom stereocenters. The van der Waals surface area contributed by atoms with Gasteiger partial charge in [0.05, 0.1) is 16.5 Å². The van der Waals surface area contributed by atoms with Crippen molar-refractivity contribution in [1.29, 1.82) is 0 Å². The quantitative estimate of drug-likeness (QED) is 0.182. The van der Waals surface area contributed by atoms with E-state index in [0.29, 0.717) is 33.4 Å². The second kappa shape index (κ2) is 15.7. The van der Waals surface area contributed by atoms with Crippen LogP contribution in [0.3, 0.4) is 0 Å². The predicted octanol–water partition coefficient (Wildman–Crippen LogP) is 7.52. The first-order chi connectivity index (χ1) is 17.1. The minimum atomic E-state index is -0.422. The third kappa shape index (κ3) is 8.00. The second-order valence-electron chi connectivity index (χ2n) is 6.57. The Bertz CT molecular complexity index is 1230. The van der Waals surface area contributed by atoms with E-state index in [0.717, 1.165) is 5.56 Å². The summed E-state index contributed by atoms with van der Waals surface area (Å²) in [5.74, 6) is 0.114. The number of esters is 1. The molecule has 0 saturated carbocycles. The van der Waals surface area contributed by atoms with Crippen molar-refractivity contribution in [2.45, 2.75) is 34.3 Å². The number of fused-ring (bicyclic) bond motifs is 1. The van der Waals surface area contributed by atoms with Crippen LogP contribution in [0.15, 0.2) is 102 Å². The molecular formula is C30H34O5. The number of carbonyl (C=O) groups excluding carboxylic acids is 1. The highest BCUT2D eigenvalue weighted by atomic mass is 16.5. The van der Waals surface area contributed by atoms with Crippen LogP contribution in [0.5, 0.6) is 5.75 Å². The summed E-state index contributed by atoms with van der Waals surface area (Å²) in [5.41, 5.74) is 2.54. The Balaban J connectivity index is 0.00000145. The zero-order valence-corrected chi connectivity index (χ0v) is 21.0. The molecule has 5 nitrogen and oxygen atoms in total. The average Bonchev–Trinajstić information content (AvgIpc) is 2.92. The van der Waals surface area contributed by atoms with Gasteiger partial charge in [-0.25, -0.2) is 4.79 Å². The van der Waals surface area contributed by atoms with Gasteiger partial charge in [0.2, 0.25) is 0 Å². The monoisotopic (exact) mass is 474 g/mol. The topological polar surface area (TPSA) is 65.7 Å². The molecule has 0 aliphatic carbocycles. The summed E-state index contributed by atoms with van der Waals surface area (Å²) in [6.07, 6.45) is 7.79. The first kappa shape index (κ1) is 28.9. The molecule has 0 fully saturated rings. The Labute approximate surface area is 207 Å². The van der Waals surface area contributed by atoms with Gasteiger partial charge < -0.3 is 13.9 Å². The van der Waals surface area contributed by atoms with Gasteiger partial charge in [0, 0.05) is 6.07 Å². The summed E-state index contributed by atoms with van der Waals surface area (Å²) in [7, 11) is 0. The number of hydrogen-bond acceptors (Lipinski definition) is 5. The highest BCUT2D eigenvalue weighted by Crippen LogP contribution is 2.22. The number of ether oxygens (including phenoxy) is 2. The van der Waals surface area contributed by atoms with Gasteiger partial charge in [-0.15, -0.1) is 0 Å². The molecule has 0 bridgehead atoms. The number of benzene rings is 2. The molecule has 0 spiro atoms. The molecule has 0 radical (unpaired) electrons. The lowest BCUT2D eigenvalue weighted by Crippen LogP contribution is -2.07. The first-order valence-electron chi connectivity index (χ1n) is 11.6. The van der Waals surface area contributed by atoms with Crippen molar-refractivity contribution < 1.29 is 18.7 Å². The maximum atomic E-state index is 12.8. The molecule has 0 aliphatic heterocycles. The molecule has 0 saturated heterocycles. The van der Waals surface area contributed by atoms with E-state index in [9.17, 15) is 9.59 Å². The highest BCUT2D eigenvalue weighted by molar-refractivity contribution is 5.89. The van der Waals surface area contributed by atoms with Gasteiger partial charge in [-0.3, -0.25) is 4.79 Å². The van der Waals surface area contributed by atoms with Crippen LogP contribution in [0.2, 0.25) is 0 Å². The van der Waals surface area contributed by atoms with Gasteiger partial charge >= 0.3 is 5.97 Å². The van der Waals surface area contributed by atoms with E-state index < -0.39 is 5.97 Å². The fourth-order valence-corrected chi connectivity index (χ4v) is 2.97. The summed E-state index contributed by atoms with van der Waals surface area (Å²) < 4.78 is 16.5. The van der Waals surface area contributed by atoms with Crippen LogP contribution in [-0.2, 0) is 11.3 Å². The molecule has 0 unspecified atom stereocenters. The summed E-state index contributed by atoms with van der Waals surface area (Å²) in [4.78, 5) is 24.8. The van der Waals surface area contributed by atoms with E-state index in [1.807, 2.05) is 33.8 Å². The standard InChI is InChI=1S/C26H22O5.2C2H6/c1-4-8-19(6-3)23-17-31-24-15-21(11-12-22(24)25(23)27)30-16-18-9-7-10-20(14-18)26(28)29-13-5-2;2*1-2/h4-12,14-15,17H,1-3,13,16H2;2*1-2H3/b19-8+;;. The molecular weight excluding hydrogens is 440 g/mol. The Morgan fingerprint density at radius 2 is 1.77 bits per heavy atom. The zero-order chi connectivity index (χ0) is 26.2. The lowest BCUT2D eigenvalue weighted by atomic mass is 10.1. The summed E-state index contributed by atoms with van der Waals surface area (Å²) in [6, 6.07) is 12.0. The van der Waals surface area contributed by atoms with E-state index in [4.69, 9.17) is 13.9 Å². The summed E-state index contributed by atoms with van der Waals surface area (Å²) >= 11 is 0. The molecule has 0 amide bonds. The molecule has 3 aromatic rings. The van der Waals surface area contributed by atoms with Crippen LogP contribution < -0.4 is 10.2 Å². The van der Waals surface area contributed by atoms with Gasteiger partial charge in [0.25, 0.3) is 0 Å². The number of rotatable bonds is 9. The van der Waals surface area contributed by atoms with Crippen molar-refractivity contribution in [3.8, 4) is 5.75 Å². The van der Waals surface area contributed by atoms with Crippen LogP contribution >= 0.6 is 0 Å². The summed E-state index contributed by atoms with van der Waals surface area (Å²) in [6.45, 7) is 19.3. The zero-order valence-electron chi connectivity index (χ0n) is 21.0. The number of carbonyl (C=O) groups is 1. The molecule has 184 valence electrons. The van der Waals surface area contributed by atoms with Gasteiger partial charge in [-0.2, -0.15) is 0 Å². The Kier molecular flexibility index (Phi) is 12.9. The molecule has 0 aliphatic rings. The lowest BCUT2D eigenvalue weighted by Gasteiger charge is -2.09. The minimum Gasteiger partial charge on any atom is -0.489 e. The van der Waals surface area contributed by atoms with Crippen molar-refractivity contribution in [1.82, 2.24) is 0 Å². The second-order valence-corrected chi connectivity index (χ2v) is 6.57. The van der Waals surface area contributed by atoms with Crippen molar-refractivity contribution in [3.05, 3.63) is 120 Å². The number of allylic oxidation sites excluding steroid dienone is 4. The minimum absolute atomic E-state index is 0.154. The van der Waals surface area contributed by atoms with Gasteiger partial charge in [0.15, 0.2) is 5.43 Å². The van der Waals surface area contributed by atoms with Crippen molar-refractivity contribution in [3.63, 3.8) is 0 Å². The molecule has 1 heterocycles. The van der Waals surface area contributed by atoms with Crippen LogP contribution in [0.25, 0.3) is 16.5 Å². The molecule has 3 rings (SSSR count). The maximum absolute atomic E-state index is 12.8. The van der Waals surface area contributed by atoms with E-state index in [1.165, 1.54) is 12.3 Å². The van der Waals surface area contributed by atoms with Crippen molar-refractivity contribution in [2.75, 3.05) is 6.61 Å².